The Labute approximate surface area is 128 Å². The van der Waals surface area contributed by atoms with Gasteiger partial charge in [-0.1, -0.05) is 60.7 Å². The SMILES string of the molecule is N#CC=C(SCc1ccccc1)SCc1ccccc1. The Hall–Kier alpha value is -1.63. The molecule has 0 aromatic heterocycles. The van der Waals surface area contributed by atoms with Crippen molar-refractivity contribution in [2.75, 3.05) is 0 Å². The summed E-state index contributed by atoms with van der Waals surface area (Å²) < 4.78 is 1.07. The van der Waals surface area contributed by atoms with Crippen LogP contribution in [0.5, 0.6) is 0 Å². The highest BCUT2D eigenvalue weighted by Gasteiger charge is 2.02. The van der Waals surface area contributed by atoms with Gasteiger partial charge in [0.15, 0.2) is 0 Å². The summed E-state index contributed by atoms with van der Waals surface area (Å²) in [7, 11) is 0. The average molecular weight is 297 g/mol. The Morgan fingerprint density at radius 1 is 0.850 bits per heavy atom. The topological polar surface area (TPSA) is 23.8 Å². The Balaban J connectivity index is 1.88. The summed E-state index contributed by atoms with van der Waals surface area (Å²) in [6.45, 7) is 0. The van der Waals surface area contributed by atoms with Crippen molar-refractivity contribution in [1.82, 2.24) is 0 Å². The average Bonchev–Trinajstić information content (AvgIpc) is 2.52. The summed E-state index contributed by atoms with van der Waals surface area (Å²) in [6.07, 6.45) is 1.64. The molecule has 0 aliphatic rings. The summed E-state index contributed by atoms with van der Waals surface area (Å²) in [5.74, 6) is 1.80. The van der Waals surface area contributed by atoms with Crippen LogP contribution in [-0.4, -0.2) is 0 Å². The van der Waals surface area contributed by atoms with Crippen LogP contribution in [0.15, 0.2) is 71.0 Å². The molecule has 3 heteroatoms. The summed E-state index contributed by atoms with van der Waals surface area (Å²) in [4.78, 5) is 0. The van der Waals surface area contributed by atoms with Crippen LogP contribution in [0.3, 0.4) is 0 Å². The highest BCUT2D eigenvalue weighted by atomic mass is 32.2. The Morgan fingerprint density at radius 2 is 1.30 bits per heavy atom. The van der Waals surface area contributed by atoms with Crippen LogP contribution in [0.2, 0.25) is 0 Å². The maximum absolute atomic E-state index is 8.88. The number of allylic oxidation sites excluding steroid dienone is 1. The minimum Gasteiger partial charge on any atom is -0.193 e. The standard InChI is InChI=1S/C17H15NS2/c18-12-11-17(19-13-15-7-3-1-4-8-15)20-14-16-9-5-2-6-10-16/h1-11H,13-14H2. The Bertz CT molecular complexity index is 540. The zero-order chi connectivity index (χ0) is 14.0. The second-order valence-corrected chi connectivity index (χ2v) is 6.43. The van der Waals surface area contributed by atoms with E-state index in [4.69, 9.17) is 5.26 Å². The van der Waals surface area contributed by atoms with E-state index in [-0.39, 0.29) is 0 Å². The van der Waals surface area contributed by atoms with Crippen molar-refractivity contribution in [1.29, 1.82) is 5.26 Å². The van der Waals surface area contributed by atoms with Crippen molar-refractivity contribution in [3.05, 3.63) is 82.1 Å². The van der Waals surface area contributed by atoms with E-state index in [1.807, 2.05) is 36.4 Å². The fraction of sp³-hybridized carbons (Fsp3) is 0.118. The largest absolute Gasteiger partial charge is 0.193 e. The van der Waals surface area contributed by atoms with Gasteiger partial charge in [-0.05, 0) is 11.1 Å². The molecule has 0 spiro atoms. The molecule has 1 nitrogen and oxygen atoms in total. The molecule has 0 N–H and O–H groups in total. The lowest BCUT2D eigenvalue weighted by Gasteiger charge is -2.06. The van der Waals surface area contributed by atoms with Gasteiger partial charge < -0.3 is 0 Å². The first-order valence-electron chi connectivity index (χ1n) is 6.32. The van der Waals surface area contributed by atoms with Gasteiger partial charge in [-0.3, -0.25) is 0 Å². The van der Waals surface area contributed by atoms with Gasteiger partial charge in [0.2, 0.25) is 0 Å². The second kappa shape index (κ2) is 8.52. The van der Waals surface area contributed by atoms with E-state index in [1.165, 1.54) is 11.1 Å². The summed E-state index contributed by atoms with van der Waals surface area (Å²) >= 11 is 3.44. The van der Waals surface area contributed by atoms with E-state index in [9.17, 15) is 0 Å². The predicted molar refractivity (Wildman–Crippen MR) is 89.2 cm³/mol. The maximum atomic E-state index is 8.88. The summed E-state index contributed by atoms with van der Waals surface area (Å²) in [6, 6.07) is 22.8. The fourth-order valence-corrected chi connectivity index (χ4v) is 3.60. The van der Waals surface area contributed by atoms with Gasteiger partial charge in [0, 0.05) is 17.6 Å². The lowest BCUT2D eigenvalue weighted by Crippen LogP contribution is -1.82. The van der Waals surface area contributed by atoms with Crippen LogP contribution in [0.25, 0.3) is 0 Å². The van der Waals surface area contributed by atoms with Gasteiger partial charge in [-0.15, -0.1) is 23.5 Å². The van der Waals surface area contributed by atoms with Gasteiger partial charge in [0.1, 0.15) is 0 Å². The molecule has 2 rings (SSSR count). The van der Waals surface area contributed by atoms with Gasteiger partial charge in [0.05, 0.1) is 10.3 Å². The normalized spacial score (nSPS) is 9.75. The Kier molecular flexibility index (Phi) is 6.30. The quantitative estimate of drug-likeness (QED) is 0.683. The molecule has 0 unspecified atom stereocenters. The van der Waals surface area contributed by atoms with Crippen molar-refractivity contribution in [2.24, 2.45) is 0 Å². The molecule has 0 fully saturated rings. The van der Waals surface area contributed by atoms with Crippen LogP contribution in [0.1, 0.15) is 11.1 Å². The first kappa shape index (κ1) is 14.8. The third kappa shape index (κ3) is 5.16. The summed E-state index contributed by atoms with van der Waals surface area (Å²) in [5.41, 5.74) is 2.56. The molecule has 2 aromatic rings. The predicted octanol–water partition coefficient (Wildman–Crippen LogP) is 5.22. The molecule has 0 bridgehead atoms. The number of thioether (sulfide) groups is 2. The fourth-order valence-electron chi connectivity index (χ4n) is 1.64. The van der Waals surface area contributed by atoms with Crippen LogP contribution in [0, 0.1) is 11.3 Å². The number of nitrogens with zero attached hydrogens (tertiary/aromatic N) is 1. The first-order valence-corrected chi connectivity index (χ1v) is 8.29. The molecule has 0 saturated heterocycles. The van der Waals surface area contributed by atoms with Gasteiger partial charge in [-0.25, -0.2) is 0 Å². The minimum atomic E-state index is 0.899. The number of hydrogen-bond acceptors (Lipinski definition) is 3. The lowest BCUT2D eigenvalue weighted by atomic mass is 10.2. The third-order valence-corrected chi connectivity index (χ3v) is 5.10. The smallest absolute Gasteiger partial charge is 0.0929 e. The van der Waals surface area contributed by atoms with Gasteiger partial charge >= 0.3 is 0 Å². The van der Waals surface area contributed by atoms with Gasteiger partial charge in [-0.2, -0.15) is 5.26 Å². The van der Waals surface area contributed by atoms with Crippen molar-refractivity contribution >= 4 is 23.5 Å². The minimum absolute atomic E-state index is 0.899. The molecule has 0 radical (unpaired) electrons. The monoisotopic (exact) mass is 297 g/mol. The van der Waals surface area contributed by atoms with E-state index < -0.39 is 0 Å². The van der Waals surface area contributed by atoms with Crippen molar-refractivity contribution in [2.45, 2.75) is 11.5 Å². The number of benzene rings is 2. The molecule has 0 atom stereocenters. The molecule has 0 amide bonds. The third-order valence-electron chi connectivity index (χ3n) is 2.63. The van der Waals surface area contributed by atoms with Crippen LogP contribution < -0.4 is 0 Å². The lowest BCUT2D eigenvalue weighted by molar-refractivity contribution is 1.42. The molecule has 0 saturated carbocycles. The van der Waals surface area contributed by atoms with Crippen molar-refractivity contribution < 1.29 is 0 Å². The van der Waals surface area contributed by atoms with Crippen molar-refractivity contribution in [3.63, 3.8) is 0 Å². The van der Waals surface area contributed by atoms with Crippen molar-refractivity contribution in [3.8, 4) is 6.07 Å². The van der Waals surface area contributed by atoms with E-state index >= 15 is 0 Å². The molecule has 0 heterocycles. The summed E-state index contributed by atoms with van der Waals surface area (Å²) in [5, 5.41) is 8.88. The second-order valence-electron chi connectivity index (χ2n) is 4.14. The highest BCUT2D eigenvalue weighted by molar-refractivity contribution is 8.21. The molecule has 20 heavy (non-hydrogen) atoms. The van der Waals surface area contributed by atoms with Crippen LogP contribution in [-0.2, 0) is 11.5 Å². The number of hydrogen-bond donors (Lipinski definition) is 0. The van der Waals surface area contributed by atoms with E-state index in [0.717, 1.165) is 15.7 Å². The molecule has 0 aliphatic carbocycles. The molecular weight excluding hydrogens is 282 g/mol. The van der Waals surface area contributed by atoms with E-state index in [0.29, 0.717) is 0 Å². The van der Waals surface area contributed by atoms with Crippen LogP contribution in [0.4, 0.5) is 0 Å². The van der Waals surface area contributed by atoms with E-state index in [2.05, 4.69) is 30.3 Å². The molecule has 0 aliphatic heterocycles. The first-order chi connectivity index (χ1) is 9.88. The number of nitriles is 1. The molecular formula is C17H15NS2. The highest BCUT2D eigenvalue weighted by Crippen LogP contribution is 2.33. The van der Waals surface area contributed by atoms with Crippen LogP contribution >= 0.6 is 23.5 Å². The Morgan fingerprint density at radius 3 is 1.70 bits per heavy atom. The van der Waals surface area contributed by atoms with E-state index in [1.54, 1.807) is 29.6 Å². The zero-order valence-corrected chi connectivity index (χ0v) is 12.7. The molecule has 2 aromatic carbocycles. The van der Waals surface area contributed by atoms with Gasteiger partial charge in [0.25, 0.3) is 0 Å². The number of rotatable bonds is 6. The zero-order valence-electron chi connectivity index (χ0n) is 11.0. The molecule has 100 valence electrons. The maximum Gasteiger partial charge on any atom is 0.0929 e.